The van der Waals surface area contributed by atoms with Gasteiger partial charge in [0.1, 0.15) is 10.8 Å². The summed E-state index contributed by atoms with van der Waals surface area (Å²) in [5, 5.41) is 4.30. The van der Waals surface area contributed by atoms with Crippen LogP contribution in [0.4, 0.5) is 0 Å². The number of aromatic nitrogens is 2. The molecule has 1 heterocycles. The summed E-state index contributed by atoms with van der Waals surface area (Å²) >= 11 is 5.87. The lowest BCUT2D eigenvalue weighted by atomic mass is 10.2. The van der Waals surface area contributed by atoms with Gasteiger partial charge in [-0.05, 0) is 29.8 Å². The highest BCUT2D eigenvalue weighted by Gasteiger charge is 2.06. The van der Waals surface area contributed by atoms with E-state index in [1.54, 1.807) is 13.2 Å². The average molecular weight is 277 g/mol. The molecule has 0 radical (unpaired) electrons. The Bertz CT molecular complexity index is 647. The molecule has 4 nitrogen and oxygen atoms in total. The van der Waals surface area contributed by atoms with Crippen LogP contribution in [0.1, 0.15) is 11.3 Å². The van der Waals surface area contributed by atoms with E-state index in [4.69, 9.17) is 16.3 Å². The van der Waals surface area contributed by atoms with Gasteiger partial charge in [-0.25, -0.2) is 4.68 Å². The van der Waals surface area contributed by atoms with E-state index < -0.39 is 0 Å². The molecule has 0 N–H and O–H groups in total. The molecule has 5 heteroatoms. The molecule has 0 amide bonds. The number of methoxy groups -OCH3 is 1. The van der Waals surface area contributed by atoms with E-state index in [1.807, 2.05) is 24.3 Å². The van der Waals surface area contributed by atoms with Gasteiger partial charge in [-0.15, -0.1) is 0 Å². The molecule has 0 aliphatic rings. The van der Waals surface area contributed by atoms with Crippen LogP contribution in [0.3, 0.4) is 0 Å². The van der Waals surface area contributed by atoms with Crippen LogP contribution >= 0.6 is 11.6 Å². The van der Waals surface area contributed by atoms with Gasteiger partial charge in [0.15, 0.2) is 0 Å². The quantitative estimate of drug-likeness (QED) is 0.862. The van der Waals surface area contributed by atoms with E-state index >= 15 is 0 Å². The fourth-order valence-electron chi connectivity index (χ4n) is 1.64. The highest BCUT2D eigenvalue weighted by Crippen LogP contribution is 2.12. The summed E-state index contributed by atoms with van der Waals surface area (Å²) in [7, 11) is 1.61. The van der Waals surface area contributed by atoms with Crippen LogP contribution in [0.2, 0.25) is 5.02 Å². The minimum Gasteiger partial charge on any atom is -0.497 e. The minimum atomic E-state index is -0.317. The molecule has 2 aromatic rings. The van der Waals surface area contributed by atoms with Crippen LogP contribution in [0.15, 0.2) is 41.7 Å². The van der Waals surface area contributed by atoms with E-state index in [1.165, 1.54) is 10.7 Å². The Hall–Kier alpha value is -2.07. The van der Waals surface area contributed by atoms with E-state index in [0.717, 1.165) is 11.3 Å². The lowest BCUT2D eigenvalue weighted by Crippen LogP contribution is -2.24. The molecule has 0 bridgehead atoms. The van der Waals surface area contributed by atoms with Crippen LogP contribution in [0.25, 0.3) is 6.08 Å². The predicted molar refractivity (Wildman–Crippen MR) is 75.7 cm³/mol. The topological polar surface area (TPSA) is 44.1 Å². The summed E-state index contributed by atoms with van der Waals surface area (Å²) in [6.45, 7) is 3.97. The number of benzene rings is 1. The van der Waals surface area contributed by atoms with Crippen LogP contribution < -0.4 is 10.3 Å². The van der Waals surface area contributed by atoms with Crippen molar-refractivity contribution in [1.82, 2.24) is 9.78 Å². The zero-order valence-electron chi connectivity index (χ0n) is 10.5. The van der Waals surface area contributed by atoms with Gasteiger partial charge in [-0.1, -0.05) is 30.3 Å². The second-order valence-electron chi connectivity index (χ2n) is 3.93. The molecule has 0 aliphatic heterocycles. The number of halogens is 1. The third-order valence-electron chi connectivity index (χ3n) is 2.65. The minimum absolute atomic E-state index is 0.137. The molecule has 0 atom stereocenters. The third kappa shape index (κ3) is 3.03. The third-order valence-corrected chi connectivity index (χ3v) is 2.92. The van der Waals surface area contributed by atoms with Crippen molar-refractivity contribution in [2.45, 2.75) is 6.54 Å². The van der Waals surface area contributed by atoms with Crippen molar-refractivity contribution in [2.24, 2.45) is 0 Å². The Balaban J connectivity index is 2.34. The summed E-state index contributed by atoms with van der Waals surface area (Å²) < 4.78 is 6.40. The SMILES string of the molecule is C=Cc1cc(Cl)c(=O)n(Cc2ccc(OC)cc2)n1. The fourth-order valence-corrected chi connectivity index (χ4v) is 1.85. The maximum Gasteiger partial charge on any atom is 0.285 e. The summed E-state index contributed by atoms with van der Waals surface area (Å²) in [4.78, 5) is 11.9. The summed E-state index contributed by atoms with van der Waals surface area (Å²) in [5.41, 5.74) is 1.19. The first-order valence-corrected chi connectivity index (χ1v) is 6.05. The maximum absolute atomic E-state index is 11.9. The van der Waals surface area contributed by atoms with Crippen molar-refractivity contribution in [2.75, 3.05) is 7.11 Å². The molecule has 0 fully saturated rings. The second kappa shape index (κ2) is 5.71. The number of hydrogen-bond acceptors (Lipinski definition) is 3. The van der Waals surface area contributed by atoms with Crippen molar-refractivity contribution in [3.63, 3.8) is 0 Å². The Labute approximate surface area is 115 Å². The molecule has 0 spiro atoms. The molecule has 98 valence electrons. The lowest BCUT2D eigenvalue weighted by molar-refractivity contribution is 0.414. The van der Waals surface area contributed by atoms with Gasteiger partial charge < -0.3 is 4.74 Å². The van der Waals surface area contributed by atoms with Crippen molar-refractivity contribution in [3.8, 4) is 5.75 Å². The Kier molecular flexibility index (Phi) is 4.02. The maximum atomic E-state index is 11.9. The number of hydrogen-bond donors (Lipinski definition) is 0. The Morgan fingerprint density at radius 2 is 2.11 bits per heavy atom. The lowest BCUT2D eigenvalue weighted by Gasteiger charge is -2.07. The van der Waals surface area contributed by atoms with Crippen molar-refractivity contribution in [3.05, 3.63) is 63.5 Å². The number of ether oxygens (including phenoxy) is 1. The molecular formula is C14H13ClN2O2. The predicted octanol–water partition coefficient (Wildman–Crippen LogP) is 2.60. The van der Waals surface area contributed by atoms with Gasteiger partial charge in [0, 0.05) is 0 Å². The van der Waals surface area contributed by atoms with E-state index in [9.17, 15) is 4.79 Å². The molecule has 2 rings (SSSR count). The van der Waals surface area contributed by atoms with E-state index in [2.05, 4.69) is 11.7 Å². The van der Waals surface area contributed by atoms with Crippen molar-refractivity contribution < 1.29 is 4.74 Å². The second-order valence-corrected chi connectivity index (χ2v) is 4.34. The van der Waals surface area contributed by atoms with Gasteiger partial charge in [-0.3, -0.25) is 4.79 Å². The van der Waals surface area contributed by atoms with Gasteiger partial charge >= 0.3 is 0 Å². The fraction of sp³-hybridized carbons (Fsp3) is 0.143. The van der Waals surface area contributed by atoms with E-state index in [-0.39, 0.29) is 10.6 Å². The summed E-state index contributed by atoms with van der Waals surface area (Å²) in [6.07, 6.45) is 1.55. The van der Waals surface area contributed by atoms with E-state index in [0.29, 0.717) is 12.2 Å². The monoisotopic (exact) mass is 276 g/mol. The van der Waals surface area contributed by atoms with Gasteiger partial charge in [0.25, 0.3) is 5.56 Å². The largest absolute Gasteiger partial charge is 0.497 e. The first-order valence-electron chi connectivity index (χ1n) is 5.67. The van der Waals surface area contributed by atoms with Crippen LogP contribution in [0, 0.1) is 0 Å². The molecule has 0 unspecified atom stereocenters. The Morgan fingerprint density at radius 3 is 2.68 bits per heavy atom. The highest BCUT2D eigenvalue weighted by atomic mass is 35.5. The van der Waals surface area contributed by atoms with Gasteiger partial charge in [0.2, 0.25) is 0 Å². The van der Waals surface area contributed by atoms with Gasteiger partial charge in [0.05, 0.1) is 19.3 Å². The zero-order chi connectivity index (χ0) is 13.8. The smallest absolute Gasteiger partial charge is 0.285 e. The summed E-state index contributed by atoms with van der Waals surface area (Å²) in [5.74, 6) is 0.766. The number of nitrogens with zero attached hydrogens (tertiary/aromatic N) is 2. The normalized spacial score (nSPS) is 10.2. The van der Waals surface area contributed by atoms with Gasteiger partial charge in [-0.2, -0.15) is 5.10 Å². The highest BCUT2D eigenvalue weighted by molar-refractivity contribution is 6.30. The first kappa shape index (κ1) is 13.4. The van der Waals surface area contributed by atoms with Crippen LogP contribution in [-0.2, 0) is 6.54 Å². The molecule has 0 saturated carbocycles. The standard InChI is InChI=1S/C14H13ClN2O2/c1-3-11-8-13(15)14(18)17(16-11)9-10-4-6-12(19-2)7-5-10/h3-8H,1,9H2,2H3. The Morgan fingerprint density at radius 1 is 1.42 bits per heavy atom. The first-order chi connectivity index (χ1) is 9.13. The number of rotatable bonds is 4. The molecular weight excluding hydrogens is 264 g/mol. The molecule has 1 aromatic heterocycles. The van der Waals surface area contributed by atoms with Crippen molar-refractivity contribution in [1.29, 1.82) is 0 Å². The van der Waals surface area contributed by atoms with Crippen LogP contribution in [0.5, 0.6) is 5.75 Å². The molecule has 0 aliphatic carbocycles. The molecule has 1 aromatic carbocycles. The summed E-state index contributed by atoms with van der Waals surface area (Å²) in [6, 6.07) is 8.92. The zero-order valence-corrected chi connectivity index (χ0v) is 11.2. The van der Waals surface area contributed by atoms with Crippen molar-refractivity contribution >= 4 is 17.7 Å². The molecule has 19 heavy (non-hydrogen) atoms. The average Bonchev–Trinajstić information content (AvgIpc) is 2.44. The van der Waals surface area contributed by atoms with Crippen LogP contribution in [-0.4, -0.2) is 16.9 Å². The molecule has 0 saturated heterocycles.